The molecule has 0 spiro atoms. The summed E-state index contributed by atoms with van der Waals surface area (Å²) in [6, 6.07) is 17.9. The van der Waals surface area contributed by atoms with Gasteiger partial charge >= 0.3 is 0 Å². The third-order valence-corrected chi connectivity index (χ3v) is 6.18. The predicted molar refractivity (Wildman–Crippen MR) is 127 cm³/mol. The zero-order valence-electron chi connectivity index (χ0n) is 17.7. The van der Waals surface area contributed by atoms with E-state index in [2.05, 4.69) is 17.6 Å². The fourth-order valence-electron chi connectivity index (χ4n) is 3.07. The van der Waals surface area contributed by atoms with Crippen molar-refractivity contribution in [2.45, 2.75) is 24.7 Å². The summed E-state index contributed by atoms with van der Waals surface area (Å²) in [4.78, 5) is 25.1. The van der Waals surface area contributed by atoms with Crippen LogP contribution in [0.2, 0.25) is 5.02 Å². The monoisotopic (exact) mass is 470 g/mol. The number of carbonyl (C=O) groups is 2. The van der Waals surface area contributed by atoms with Crippen LogP contribution in [0.25, 0.3) is 0 Å². The van der Waals surface area contributed by atoms with E-state index < -0.39 is 15.7 Å². The molecular weight excluding hydrogens is 448 g/mol. The molecule has 0 fully saturated rings. The summed E-state index contributed by atoms with van der Waals surface area (Å²) in [6.45, 7) is 2.10. The Labute approximate surface area is 192 Å². The fraction of sp³-hybridized carbons (Fsp3) is 0.167. The van der Waals surface area contributed by atoms with Gasteiger partial charge in [0.2, 0.25) is 0 Å². The van der Waals surface area contributed by atoms with Gasteiger partial charge in [-0.1, -0.05) is 43.1 Å². The molecule has 3 rings (SSSR count). The molecule has 0 atom stereocenters. The van der Waals surface area contributed by atoms with Crippen molar-refractivity contribution in [1.29, 1.82) is 0 Å². The molecule has 0 saturated carbocycles. The molecule has 3 aromatic rings. The Balaban J connectivity index is 1.70. The first kappa shape index (κ1) is 23.5. The Morgan fingerprint density at radius 1 is 0.875 bits per heavy atom. The van der Waals surface area contributed by atoms with Crippen LogP contribution in [0, 0.1) is 0 Å². The van der Waals surface area contributed by atoms with Crippen LogP contribution in [0.5, 0.6) is 0 Å². The van der Waals surface area contributed by atoms with E-state index in [4.69, 9.17) is 11.6 Å². The molecule has 32 heavy (non-hydrogen) atoms. The smallest absolute Gasteiger partial charge is 0.255 e. The van der Waals surface area contributed by atoms with E-state index >= 15 is 0 Å². The Morgan fingerprint density at radius 3 is 2.19 bits per heavy atom. The van der Waals surface area contributed by atoms with Crippen LogP contribution in [-0.4, -0.2) is 26.5 Å². The van der Waals surface area contributed by atoms with Crippen molar-refractivity contribution in [3.8, 4) is 0 Å². The first-order chi connectivity index (χ1) is 15.2. The van der Waals surface area contributed by atoms with Crippen LogP contribution in [0.4, 0.5) is 11.4 Å². The SMILES string of the molecule is CCCc1ccc(C(=O)Nc2ccc(NC(=O)c3cccc(S(C)(=O)=O)c3)c(Cl)c2)cc1. The standard InChI is InChI=1S/C24H23ClN2O4S/c1-3-5-16-8-10-17(11-9-16)23(28)26-19-12-13-22(21(25)15-19)27-24(29)18-6-4-7-20(14-18)32(2,30)31/h4,6-15H,3,5H2,1-2H3,(H,26,28)(H,27,29). The number of anilines is 2. The molecule has 0 saturated heterocycles. The molecule has 0 aliphatic carbocycles. The third kappa shape index (κ3) is 5.96. The van der Waals surface area contributed by atoms with Crippen LogP contribution in [0.3, 0.4) is 0 Å². The lowest BCUT2D eigenvalue weighted by molar-refractivity contribution is 0.101. The van der Waals surface area contributed by atoms with Gasteiger partial charge in [0.1, 0.15) is 0 Å². The van der Waals surface area contributed by atoms with Crippen molar-refractivity contribution in [2.24, 2.45) is 0 Å². The number of halogens is 1. The van der Waals surface area contributed by atoms with E-state index in [9.17, 15) is 18.0 Å². The summed E-state index contributed by atoms with van der Waals surface area (Å²) in [5, 5.41) is 5.67. The summed E-state index contributed by atoms with van der Waals surface area (Å²) in [5.74, 6) is -0.764. The third-order valence-electron chi connectivity index (χ3n) is 4.75. The van der Waals surface area contributed by atoms with Crippen molar-refractivity contribution < 1.29 is 18.0 Å². The molecule has 0 heterocycles. The molecule has 0 aliphatic heterocycles. The number of hydrogen-bond acceptors (Lipinski definition) is 4. The molecule has 8 heteroatoms. The lowest BCUT2D eigenvalue weighted by Gasteiger charge is -2.11. The second-order valence-corrected chi connectivity index (χ2v) is 9.77. The van der Waals surface area contributed by atoms with Crippen molar-refractivity contribution in [2.75, 3.05) is 16.9 Å². The average Bonchev–Trinajstić information content (AvgIpc) is 2.76. The van der Waals surface area contributed by atoms with E-state index in [1.54, 1.807) is 24.3 Å². The van der Waals surface area contributed by atoms with Crippen LogP contribution < -0.4 is 10.6 Å². The molecule has 2 N–H and O–H groups in total. The minimum atomic E-state index is -3.43. The highest BCUT2D eigenvalue weighted by Crippen LogP contribution is 2.26. The quantitative estimate of drug-likeness (QED) is 0.496. The molecule has 0 aromatic heterocycles. The van der Waals surface area contributed by atoms with E-state index in [1.807, 2.05) is 12.1 Å². The summed E-state index contributed by atoms with van der Waals surface area (Å²) >= 11 is 6.29. The zero-order valence-corrected chi connectivity index (χ0v) is 19.3. The number of amides is 2. The van der Waals surface area contributed by atoms with E-state index in [-0.39, 0.29) is 21.4 Å². The van der Waals surface area contributed by atoms with Gasteiger partial charge in [-0.3, -0.25) is 9.59 Å². The van der Waals surface area contributed by atoms with Gasteiger partial charge in [0.15, 0.2) is 9.84 Å². The molecule has 0 radical (unpaired) electrons. The first-order valence-electron chi connectivity index (χ1n) is 9.98. The van der Waals surface area contributed by atoms with Gasteiger partial charge < -0.3 is 10.6 Å². The topological polar surface area (TPSA) is 92.3 Å². The fourth-order valence-corrected chi connectivity index (χ4v) is 3.97. The Morgan fingerprint density at radius 2 is 1.56 bits per heavy atom. The summed E-state index contributed by atoms with van der Waals surface area (Å²) in [5.41, 5.74) is 2.71. The molecule has 0 bridgehead atoms. The highest BCUT2D eigenvalue weighted by molar-refractivity contribution is 7.90. The molecule has 0 aliphatic rings. The van der Waals surface area contributed by atoms with E-state index in [1.165, 1.54) is 35.9 Å². The average molecular weight is 471 g/mol. The number of nitrogens with one attached hydrogen (secondary N) is 2. The van der Waals surface area contributed by atoms with Gasteiger partial charge in [-0.15, -0.1) is 0 Å². The second kappa shape index (κ2) is 9.97. The number of sulfone groups is 1. The van der Waals surface area contributed by atoms with Crippen molar-refractivity contribution in [1.82, 2.24) is 0 Å². The van der Waals surface area contributed by atoms with Gasteiger partial charge in [-0.2, -0.15) is 0 Å². The van der Waals surface area contributed by atoms with Crippen molar-refractivity contribution in [3.63, 3.8) is 0 Å². The number of rotatable bonds is 7. The molecule has 2 amide bonds. The van der Waals surface area contributed by atoms with Crippen molar-refractivity contribution >= 4 is 44.6 Å². The number of benzene rings is 3. The van der Waals surface area contributed by atoms with Gasteiger partial charge in [-0.05, 0) is 60.5 Å². The highest BCUT2D eigenvalue weighted by Gasteiger charge is 2.14. The van der Waals surface area contributed by atoms with Gasteiger partial charge in [0.05, 0.1) is 15.6 Å². The molecule has 6 nitrogen and oxygen atoms in total. The minimum absolute atomic E-state index is 0.0528. The maximum absolute atomic E-state index is 12.5. The molecule has 166 valence electrons. The summed E-state index contributed by atoms with van der Waals surface area (Å²) in [6.07, 6.45) is 3.08. The van der Waals surface area contributed by atoms with Gasteiger partial charge in [0, 0.05) is 23.1 Å². The van der Waals surface area contributed by atoms with Crippen LogP contribution in [0.15, 0.2) is 71.6 Å². The molecular formula is C24H23ClN2O4S. The Hall–Kier alpha value is -3.16. The van der Waals surface area contributed by atoms with Gasteiger partial charge in [0.25, 0.3) is 11.8 Å². The number of carbonyl (C=O) groups excluding carboxylic acids is 2. The Bertz CT molecular complexity index is 1260. The maximum Gasteiger partial charge on any atom is 0.255 e. The summed E-state index contributed by atoms with van der Waals surface area (Å²) in [7, 11) is -3.43. The summed E-state index contributed by atoms with van der Waals surface area (Å²) < 4.78 is 23.4. The normalized spacial score (nSPS) is 11.1. The predicted octanol–water partition coefficient (Wildman–Crippen LogP) is 5.20. The zero-order chi connectivity index (χ0) is 23.3. The number of aryl methyl sites for hydroxylation is 1. The molecule has 0 unspecified atom stereocenters. The first-order valence-corrected chi connectivity index (χ1v) is 12.3. The maximum atomic E-state index is 12.5. The van der Waals surface area contributed by atoms with Crippen LogP contribution >= 0.6 is 11.6 Å². The second-order valence-electron chi connectivity index (χ2n) is 7.35. The van der Waals surface area contributed by atoms with Crippen LogP contribution in [-0.2, 0) is 16.3 Å². The van der Waals surface area contributed by atoms with Gasteiger partial charge in [-0.25, -0.2) is 8.42 Å². The highest BCUT2D eigenvalue weighted by atomic mass is 35.5. The lowest BCUT2D eigenvalue weighted by Crippen LogP contribution is -2.14. The largest absolute Gasteiger partial charge is 0.322 e. The van der Waals surface area contributed by atoms with Crippen molar-refractivity contribution in [3.05, 3.63) is 88.4 Å². The Kier molecular flexibility index (Phi) is 7.33. The molecule has 3 aromatic carbocycles. The lowest BCUT2D eigenvalue weighted by atomic mass is 10.1. The minimum Gasteiger partial charge on any atom is -0.322 e. The van der Waals surface area contributed by atoms with Crippen LogP contribution in [0.1, 0.15) is 39.6 Å². The van der Waals surface area contributed by atoms with E-state index in [0.717, 1.165) is 19.1 Å². The number of hydrogen-bond donors (Lipinski definition) is 2. The van der Waals surface area contributed by atoms with E-state index in [0.29, 0.717) is 16.9 Å².